The zero-order valence-electron chi connectivity index (χ0n) is 16.3. The molecule has 0 aliphatic carbocycles. The average molecular weight is 431 g/mol. The van der Waals surface area contributed by atoms with E-state index in [9.17, 15) is 9.18 Å². The lowest BCUT2D eigenvalue weighted by atomic mass is 9.97. The van der Waals surface area contributed by atoms with Crippen LogP contribution in [-0.2, 0) is 0 Å². The molecule has 2 aromatic carbocycles. The van der Waals surface area contributed by atoms with Gasteiger partial charge in [-0.3, -0.25) is 0 Å². The van der Waals surface area contributed by atoms with Gasteiger partial charge in [-0.15, -0.1) is 10.2 Å². The van der Waals surface area contributed by atoms with Gasteiger partial charge in [0.15, 0.2) is 0 Å². The molecular formula is C21H20ClFN4O3. The summed E-state index contributed by atoms with van der Waals surface area (Å²) in [5.74, 6) is 1.18. The Kier molecular flexibility index (Phi) is 5.85. The second-order valence-electron chi connectivity index (χ2n) is 6.99. The highest BCUT2D eigenvalue weighted by molar-refractivity contribution is 6.31. The molecule has 156 valence electrons. The predicted octanol–water partition coefficient (Wildman–Crippen LogP) is 4.95. The summed E-state index contributed by atoms with van der Waals surface area (Å²) in [7, 11) is 1.54. The molecule has 0 spiro atoms. The zero-order valence-corrected chi connectivity index (χ0v) is 17.0. The van der Waals surface area contributed by atoms with Gasteiger partial charge in [0, 0.05) is 29.6 Å². The molecule has 1 aliphatic rings. The molecule has 0 saturated carbocycles. The van der Waals surface area contributed by atoms with Gasteiger partial charge >= 0.3 is 6.03 Å². The Bertz CT molecular complexity index is 1030. The van der Waals surface area contributed by atoms with Gasteiger partial charge in [0.05, 0.1) is 12.8 Å². The van der Waals surface area contributed by atoms with Gasteiger partial charge in [0.1, 0.15) is 11.6 Å². The minimum absolute atomic E-state index is 0.0662. The Morgan fingerprint density at radius 3 is 2.63 bits per heavy atom. The number of benzene rings is 2. The Morgan fingerprint density at radius 1 is 1.20 bits per heavy atom. The molecule has 1 N–H and O–H groups in total. The summed E-state index contributed by atoms with van der Waals surface area (Å²) < 4.78 is 24.1. The zero-order chi connectivity index (χ0) is 21.1. The summed E-state index contributed by atoms with van der Waals surface area (Å²) in [6.07, 6.45) is 1.40. The van der Waals surface area contributed by atoms with Gasteiger partial charge in [-0.05, 0) is 55.3 Å². The third kappa shape index (κ3) is 4.38. The lowest BCUT2D eigenvalue weighted by molar-refractivity contribution is 0.190. The second-order valence-corrected chi connectivity index (χ2v) is 7.42. The fourth-order valence-electron chi connectivity index (χ4n) is 3.41. The molecule has 1 aliphatic heterocycles. The molecule has 0 atom stereocenters. The van der Waals surface area contributed by atoms with Crippen molar-refractivity contribution in [1.29, 1.82) is 0 Å². The molecule has 1 aromatic heterocycles. The number of amides is 2. The lowest BCUT2D eigenvalue weighted by Crippen LogP contribution is -2.40. The van der Waals surface area contributed by atoms with Crippen LogP contribution in [0.25, 0.3) is 11.5 Å². The van der Waals surface area contributed by atoms with Crippen molar-refractivity contribution in [3.63, 3.8) is 0 Å². The highest BCUT2D eigenvalue weighted by Gasteiger charge is 2.28. The molecule has 1 saturated heterocycles. The molecule has 0 radical (unpaired) electrons. The van der Waals surface area contributed by atoms with E-state index in [1.165, 1.54) is 19.2 Å². The number of hydrogen-bond acceptors (Lipinski definition) is 5. The van der Waals surface area contributed by atoms with Gasteiger partial charge < -0.3 is 19.4 Å². The molecule has 0 bridgehead atoms. The number of urea groups is 1. The summed E-state index contributed by atoms with van der Waals surface area (Å²) in [6.45, 7) is 1.10. The van der Waals surface area contributed by atoms with E-state index in [0.29, 0.717) is 59.7 Å². The van der Waals surface area contributed by atoms with E-state index < -0.39 is 0 Å². The van der Waals surface area contributed by atoms with E-state index in [1.807, 2.05) is 0 Å². The Morgan fingerprint density at radius 2 is 1.93 bits per heavy atom. The quantitative estimate of drug-likeness (QED) is 0.633. The van der Waals surface area contributed by atoms with Crippen LogP contribution in [0.4, 0.5) is 14.9 Å². The molecule has 30 heavy (non-hydrogen) atoms. The Balaban J connectivity index is 1.37. The summed E-state index contributed by atoms with van der Waals surface area (Å²) >= 11 is 6.02. The molecule has 1 fully saturated rings. The number of likely N-dealkylation sites (tertiary alicyclic amines) is 1. The molecule has 2 heterocycles. The monoisotopic (exact) mass is 430 g/mol. The van der Waals surface area contributed by atoms with Crippen molar-refractivity contribution >= 4 is 23.3 Å². The van der Waals surface area contributed by atoms with Gasteiger partial charge in [0.25, 0.3) is 0 Å². The fraction of sp³-hybridized carbons (Fsp3) is 0.286. The van der Waals surface area contributed by atoms with Crippen molar-refractivity contribution in [1.82, 2.24) is 15.1 Å². The van der Waals surface area contributed by atoms with Crippen LogP contribution in [0.3, 0.4) is 0 Å². The molecular weight excluding hydrogens is 411 g/mol. The van der Waals surface area contributed by atoms with E-state index in [1.54, 1.807) is 35.2 Å². The first-order valence-electron chi connectivity index (χ1n) is 9.52. The first-order chi connectivity index (χ1) is 14.5. The summed E-state index contributed by atoms with van der Waals surface area (Å²) in [5, 5.41) is 11.6. The van der Waals surface area contributed by atoms with Gasteiger partial charge in [0.2, 0.25) is 11.8 Å². The predicted molar refractivity (Wildman–Crippen MR) is 110 cm³/mol. The van der Waals surface area contributed by atoms with Crippen molar-refractivity contribution < 1.29 is 18.3 Å². The maximum Gasteiger partial charge on any atom is 0.321 e. The molecule has 9 heteroatoms. The number of nitrogens with zero attached hydrogens (tertiary/aromatic N) is 3. The average Bonchev–Trinajstić information content (AvgIpc) is 3.25. The van der Waals surface area contributed by atoms with Crippen LogP contribution in [0, 0.1) is 5.82 Å². The molecule has 3 aromatic rings. The summed E-state index contributed by atoms with van der Waals surface area (Å²) in [4.78, 5) is 14.4. The highest BCUT2D eigenvalue weighted by Crippen LogP contribution is 2.31. The first-order valence-corrected chi connectivity index (χ1v) is 9.90. The van der Waals surface area contributed by atoms with Crippen LogP contribution in [0.2, 0.25) is 5.02 Å². The number of carbonyl (C=O) groups is 1. The summed E-state index contributed by atoms with van der Waals surface area (Å²) in [6, 6.07) is 10.8. The van der Waals surface area contributed by atoms with Crippen LogP contribution in [0.15, 0.2) is 46.9 Å². The van der Waals surface area contributed by atoms with Crippen LogP contribution in [0.5, 0.6) is 5.75 Å². The Hall–Kier alpha value is -3.13. The highest BCUT2D eigenvalue weighted by atomic mass is 35.5. The molecule has 7 nitrogen and oxygen atoms in total. The molecule has 4 rings (SSSR count). The van der Waals surface area contributed by atoms with Crippen molar-refractivity contribution in [3.8, 4) is 17.2 Å². The first kappa shape index (κ1) is 20.2. The maximum atomic E-state index is 13.1. The van der Waals surface area contributed by atoms with Crippen molar-refractivity contribution in [2.24, 2.45) is 0 Å². The third-order valence-corrected chi connectivity index (χ3v) is 5.30. The van der Waals surface area contributed by atoms with Gasteiger partial charge in [-0.2, -0.15) is 0 Å². The van der Waals surface area contributed by atoms with E-state index in [4.69, 9.17) is 20.8 Å². The van der Waals surface area contributed by atoms with E-state index >= 15 is 0 Å². The molecule has 0 unspecified atom stereocenters. The minimum atomic E-state index is -0.320. The van der Waals surface area contributed by atoms with Gasteiger partial charge in [-0.25, -0.2) is 9.18 Å². The van der Waals surface area contributed by atoms with Crippen LogP contribution in [0.1, 0.15) is 24.7 Å². The largest absolute Gasteiger partial charge is 0.495 e. The maximum absolute atomic E-state index is 13.1. The van der Waals surface area contributed by atoms with E-state index in [0.717, 1.165) is 0 Å². The number of hydrogen-bond donors (Lipinski definition) is 1. The van der Waals surface area contributed by atoms with Gasteiger partial charge in [-0.1, -0.05) is 11.6 Å². The number of halogens is 2. The SMILES string of the molecule is COc1ccc(Cl)cc1NC(=O)N1CCC(c2nnc(-c3ccc(F)cc3)o2)CC1. The minimum Gasteiger partial charge on any atom is -0.495 e. The number of nitrogens with one attached hydrogen (secondary N) is 1. The van der Waals surface area contributed by atoms with Crippen molar-refractivity contribution in [2.45, 2.75) is 18.8 Å². The smallest absolute Gasteiger partial charge is 0.321 e. The lowest BCUT2D eigenvalue weighted by Gasteiger charge is -2.30. The third-order valence-electron chi connectivity index (χ3n) is 5.07. The second kappa shape index (κ2) is 8.71. The number of methoxy groups -OCH3 is 1. The number of rotatable bonds is 4. The summed E-state index contributed by atoms with van der Waals surface area (Å²) in [5.41, 5.74) is 1.19. The topological polar surface area (TPSA) is 80.5 Å². The number of aromatic nitrogens is 2. The van der Waals surface area contributed by atoms with Crippen molar-refractivity contribution in [2.75, 3.05) is 25.5 Å². The number of ether oxygens (including phenoxy) is 1. The molecule has 2 amide bonds. The van der Waals surface area contributed by atoms with Crippen LogP contribution >= 0.6 is 11.6 Å². The van der Waals surface area contributed by atoms with Crippen molar-refractivity contribution in [3.05, 3.63) is 59.2 Å². The van der Waals surface area contributed by atoms with Crippen LogP contribution in [-0.4, -0.2) is 41.3 Å². The fourth-order valence-corrected chi connectivity index (χ4v) is 3.58. The van der Waals surface area contributed by atoms with E-state index in [2.05, 4.69) is 15.5 Å². The number of anilines is 1. The number of piperidine rings is 1. The Labute approximate surface area is 177 Å². The normalized spacial score (nSPS) is 14.6. The van der Waals surface area contributed by atoms with E-state index in [-0.39, 0.29) is 17.8 Å². The standard InChI is InChI=1S/C21H20ClFN4O3/c1-29-18-7-4-15(22)12-17(18)24-21(28)27-10-8-14(9-11-27)20-26-25-19(30-20)13-2-5-16(23)6-3-13/h2-7,12,14H,8-11H2,1H3,(H,24,28). The van der Waals surface area contributed by atoms with Crippen LogP contribution < -0.4 is 10.1 Å². The number of carbonyl (C=O) groups excluding carboxylic acids is 1.